The molecule has 0 bridgehead atoms. The molecule has 7 nitrogen and oxygen atoms in total. The topological polar surface area (TPSA) is 92.8 Å². The normalized spacial score (nSPS) is 19.4. The summed E-state index contributed by atoms with van der Waals surface area (Å²) in [4.78, 5) is 52.2. The van der Waals surface area contributed by atoms with Gasteiger partial charge in [0, 0.05) is 14.8 Å². The first kappa shape index (κ1) is 23.1. The Morgan fingerprint density at radius 1 is 1.00 bits per heavy atom. The highest BCUT2D eigenvalue weighted by molar-refractivity contribution is 7.99. The molecule has 33 heavy (non-hydrogen) atoms. The van der Waals surface area contributed by atoms with E-state index in [0.717, 1.165) is 14.7 Å². The molecule has 1 N–H and O–H groups in total. The van der Waals surface area contributed by atoms with E-state index in [9.17, 15) is 19.2 Å². The lowest BCUT2D eigenvalue weighted by Crippen LogP contribution is -2.37. The van der Waals surface area contributed by atoms with Gasteiger partial charge in [0.2, 0.25) is 11.8 Å². The first-order valence-corrected chi connectivity index (χ1v) is 11.6. The van der Waals surface area contributed by atoms with Gasteiger partial charge in [0.25, 0.3) is 5.91 Å². The maximum atomic E-state index is 12.4. The highest BCUT2D eigenvalue weighted by Gasteiger charge is 2.47. The minimum absolute atomic E-state index is 0.357. The molecule has 1 fully saturated rings. The molecule has 2 aromatic carbocycles. The van der Waals surface area contributed by atoms with Gasteiger partial charge in [0.15, 0.2) is 6.61 Å². The number of likely N-dealkylation sites (tertiary alicyclic amines) is 1. The summed E-state index contributed by atoms with van der Waals surface area (Å²) in [6.07, 6.45) is 4.75. The Bertz CT molecular complexity index is 1090. The minimum atomic E-state index is -0.803. The Balaban J connectivity index is 1.30. The van der Waals surface area contributed by atoms with Gasteiger partial charge in [-0.25, -0.2) is 0 Å². The van der Waals surface area contributed by atoms with Crippen LogP contribution in [-0.4, -0.2) is 41.7 Å². The molecule has 2 aliphatic rings. The van der Waals surface area contributed by atoms with Gasteiger partial charge < -0.3 is 10.1 Å². The van der Waals surface area contributed by atoms with Crippen LogP contribution in [0.4, 0.5) is 5.69 Å². The van der Waals surface area contributed by atoms with Gasteiger partial charge >= 0.3 is 5.97 Å². The zero-order chi connectivity index (χ0) is 23.4. The fourth-order valence-corrected chi connectivity index (χ4v) is 4.85. The van der Waals surface area contributed by atoms with E-state index in [2.05, 4.69) is 5.32 Å². The summed E-state index contributed by atoms with van der Waals surface area (Å²) in [5.74, 6) is -2.86. The molecule has 1 aliphatic carbocycles. The number of benzene rings is 2. The molecule has 1 heterocycles. The fourth-order valence-electron chi connectivity index (χ4n) is 3.82. The molecular formula is C24H21ClN2O5S. The van der Waals surface area contributed by atoms with Gasteiger partial charge in [-0.2, -0.15) is 0 Å². The van der Waals surface area contributed by atoms with Gasteiger partial charge in [0.1, 0.15) is 6.54 Å². The third-order valence-corrected chi connectivity index (χ3v) is 6.79. The van der Waals surface area contributed by atoms with E-state index in [0.29, 0.717) is 23.6 Å². The van der Waals surface area contributed by atoms with Crippen LogP contribution in [0, 0.1) is 11.8 Å². The Hall–Kier alpha value is -3.10. The number of nitrogens with zero attached hydrogens (tertiary/aromatic N) is 1. The molecule has 170 valence electrons. The predicted octanol–water partition coefficient (Wildman–Crippen LogP) is 3.92. The van der Waals surface area contributed by atoms with E-state index in [-0.39, 0.29) is 11.8 Å². The predicted molar refractivity (Wildman–Crippen MR) is 124 cm³/mol. The number of rotatable bonds is 7. The van der Waals surface area contributed by atoms with Gasteiger partial charge in [0.05, 0.1) is 17.5 Å². The zero-order valence-corrected chi connectivity index (χ0v) is 19.1. The van der Waals surface area contributed by atoms with Crippen LogP contribution in [0.3, 0.4) is 0 Å². The van der Waals surface area contributed by atoms with E-state index in [1.807, 2.05) is 36.4 Å². The second-order valence-electron chi connectivity index (χ2n) is 7.68. The number of fused-ring (bicyclic) bond motifs is 1. The maximum absolute atomic E-state index is 12.4. The number of hydrogen-bond acceptors (Lipinski definition) is 6. The number of esters is 1. The molecule has 0 unspecified atom stereocenters. The van der Waals surface area contributed by atoms with Crippen molar-refractivity contribution in [1.82, 2.24) is 4.90 Å². The van der Waals surface area contributed by atoms with E-state index in [1.54, 1.807) is 24.3 Å². The third kappa shape index (κ3) is 5.46. The number of allylic oxidation sites excluding steroid dienone is 2. The molecule has 9 heteroatoms. The lowest BCUT2D eigenvalue weighted by molar-refractivity contribution is -0.154. The number of carbonyl (C=O) groups is 4. The number of amides is 3. The SMILES string of the molecule is O=C(COC(=O)CN1C(=O)[C@@H]2CC=CC[C@H]2C1=O)Nc1ccccc1Sc1ccc(Cl)cc1. The molecule has 0 aromatic heterocycles. The number of para-hydroxylation sites is 1. The van der Waals surface area contributed by atoms with E-state index >= 15 is 0 Å². The van der Waals surface area contributed by atoms with Crippen LogP contribution in [0.1, 0.15) is 12.8 Å². The standard InChI is InChI=1S/C24H21ClN2O5S/c25-15-9-11-16(12-10-15)33-20-8-4-3-7-19(20)26-21(28)14-32-22(29)13-27-23(30)17-5-1-2-6-18(17)24(27)31/h1-4,7-12,17-18H,5-6,13-14H2,(H,26,28)/t17-,18-/m1/s1. The van der Waals surface area contributed by atoms with Gasteiger partial charge in [-0.05, 0) is 49.2 Å². The summed E-state index contributed by atoms with van der Waals surface area (Å²) < 4.78 is 5.03. The first-order chi connectivity index (χ1) is 15.9. The average Bonchev–Trinajstić information content (AvgIpc) is 3.05. The highest BCUT2D eigenvalue weighted by atomic mass is 35.5. The molecule has 0 radical (unpaired) electrons. The van der Waals surface area contributed by atoms with Crippen LogP contribution in [0.2, 0.25) is 5.02 Å². The quantitative estimate of drug-likeness (QED) is 0.364. The first-order valence-electron chi connectivity index (χ1n) is 10.4. The fraction of sp³-hybridized carbons (Fsp3) is 0.250. The van der Waals surface area contributed by atoms with E-state index in [1.165, 1.54) is 11.8 Å². The van der Waals surface area contributed by atoms with Crippen molar-refractivity contribution in [2.45, 2.75) is 22.6 Å². The molecule has 2 aromatic rings. The van der Waals surface area contributed by atoms with E-state index in [4.69, 9.17) is 16.3 Å². The molecule has 1 saturated heterocycles. The summed E-state index contributed by atoms with van der Waals surface area (Å²) in [5.41, 5.74) is 0.569. The van der Waals surface area contributed by atoms with Crippen LogP contribution in [0.25, 0.3) is 0 Å². The minimum Gasteiger partial charge on any atom is -0.454 e. The highest BCUT2D eigenvalue weighted by Crippen LogP contribution is 2.35. The Morgan fingerprint density at radius 2 is 1.64 bits per heavy atom. The lowest BCUT2D eigenvalue weighted by Gasteiger charge is -2.14. The second kappa shape index (κ2) is 10.2. The van der Waals surface area contributed by atoms with Crippen LogP contribution >= 0.6 is 23.4 Å². The zero-order valence-electron chi connectivity index (χ0n) is 17.5. The number of halogens is 1. The lowest BCUT2D eigenvalue weighted by atomic mass is 9.85. The van der Waals surface area contributed by atoms with Crippen molar-refractivity contribution in [2.24, 2.45) is 11.8 Å². The monoisotopic (exact) mass is 484 g/mol. The number of nitrogens with one attached hydrogen (secondary N) is 1. The van der Waals surface area contributed by atoms with Crippen LogP contribution in [0.15, 0.2) is 70.5 Å². The number of hydrogen-bond donors (Lipinski definition) is 1. The Labute approximate surface area is 200 Å². The van der Waals surface area contributed by atoms with Crippen molar-refractivity contribution in [3.05, 3.63) is 65.7 Å². The molecule has 3 amide bonds. The smallest absolute Gasteiger partial charge is 0.326 e. The summed E-state index contributed by atoms with van der Waals surface area (Å²) in [5, 5.41) is 3.37. The summed E-state index contributed by atoms with van der Waals surface area (Å²) in [6.45, 7) is -1.01. The number of ether oxygens (including phenoxy) is 1. The van der Waals surface area contributed by atoms with Crippen molar-refractivity contribution >= 4 is 52.7 Å². The Kier molecular flexibility index (Phi) is 7.15. The van der Waals surface area contributed by atoms with Crippen LogP contribution in [-0.2, 0) is 23.9 Å². The molecule has 4 rings (SSSR count). The molecular weight excluding hydrogens is 464 g/mol. The number of anilines is 1. The van der Waals surface area contributed by atoms with Gasteiger partial charge in [-0.3, -0.25) is 24.1 Å². The largest absolute Gasteiger partial charge is 0.454 e. The number of imide groups is 1. The molecule has 2 atom stereocenters. The van der Waals surface area contributed by atoms with Gasteiger partial charge in [-0.15, -0.1) is 0 Å². The van der Waals surface area contributed by atoms with Crippen LogP contribution < -0.4 is 5.32 Å². The van der Waals surface area contributed by atoms with Crippen molar-refractivity contribution in [2.75, 3.05) is 18.5 Å². The number of carbonyl (C=O) groups excluding carboxylic acids is 4. The van der Waals surface area contributed by atoms with Crippen molar-refractivity contribution in [3.8, 4) is 0 Å². The van der Waals surface area contributed by atoms with Crippen LogP contribution in [0.5, 0.6) is 0 Å². The van der Waals surface area contributed by atoms with Crippen molar-refractivity contribution < 1.29 is 23.9 Å². The van der Waals surface area contributed by atoms with Gasteiger partial charge in [-0.1, -0.05) is 47.6 Å². The third-order valence-electron chi connectivity index (χ3n) is 5.45. The summed E-state index contributed by atoms with van der Waals surface area (Å²) in [7, 11) is 0. The molecule has 0 spiro atoms. The van der Waals surface area contributed by atoms with Crippen molar-refractivity contribution in [1.29, 1.82) is 0 Å². The average molecular weight is 485 g/mol. The van der Waals surface area contributed by atoms with E-state index < -0.39 is 36.9 Å². The van der Waals surface area contributed by atoms with Crippen molar-refractivity contribution in [3.63, 3.8) is 0 Å². The molecule has 0 saturated carbocycles. The summed E-state index contributed by atoms with van der Waals surface area (Å²) in [6, 6.07) is 14.6. The maximum Gasteiger partial charge on any atom is 0.326 e. The molecule has 1 aliphatic heterocycles. The second-order valence-corrected chi connectivity index (χ2v) is 9.23. The summed E-state index contributed by atoms with van der Waals surface area (Å²) >= 11 is 7.38. The Morgan fingerprint density at radius 3 is 2.30 bits per heavy atom.